The molecule has 1 amide bonds. The molecule has 1 N–H and O–H groups in total. The Morgan fingerprint density at radius 1 is 1.11 bits per heavy atom. The number of benzene rings is 2. The summed E-state index contributed by atoms with van der Waals surface area (Å²) in [5, 5.41) is 4.96. The summed E-state index contributed by atoms with van der Waals surface area (Å²) in [6, 6.07) is 9.67. The molecule has 2 aromatic rings. The van der Waals surface area contributed by atoms with Gasteiger partial charge in [-0.05, 0) is 37.1 Å². The van der Waals surface area contributed by atoms with Crippen molar-refractivity contribution < 1.29 is 13.6 Å². The minimum atomic E-state index is -0.999. The molecule has 0 bridgehead atoms. The molecule has 0 spiro atoms. The zero-order valence-electron chi connectivity index (χ0n) is 15.3. The van der Waals surface area contributed by atoms with Crippen molar-refractivity contribution in [3.05, 3.63) is 77.1 Å². The van der Waals surface area contributed by atoms with Gasteiger partial charge in [0.2, 0.25) is 6.17 Å². The summed E-state index contributed by atoms with van der Waals surface area (Å²) >= 11 is 1.53. The molecule has 0 aromatic heterocycles. The zero-order valence-corrected chi connectivity index (χ0v) is 16.1. The molecule has 28 heavy (non-hydrogen) atoms. The maximum Gasteiger partial charge on any atom is 0.276 e. The second kappa shape index (κ2) is 7.27. The van der Waals surface area contributed by atoms with E-state index in [2.05, 4.69) is 42.6 Å². The Hall–Kier alpha value is -2.87. The second-order valence-corrected chi connectivity index (χ2v) is 7.60. The largest absolute Gasteiger partial charge is 0.294 e. The standard InChI is InChI=1S/C20H18F2N4OS/c1-12-3-4-13(2)14(9-12)11-28-20-24-23-18-19(27)25(7-8-26(18)20)15-5-6-16(21)17(22)10-15/h3-10,18,23H,11H2,1-2H3. The first-order chi connectivity index (χ1) is 13.4. The van der Waals surface area contributed by atoms with Crippen LogP contribution in [-0.2, 0) is 10.5 Å². The van der Waals surface area contributed by atoms with Crippen LogP contribution in [-0.4, -0.2) is 22.1 Å². The number of thioether (sulfide) groups is 1. The van der Waals surface area contributed by atoms with Crippen LogP contribution in [0.5, 0.6) is 0 Å². The molecule has 2 aromatic carbocycles. The van der Waals surface area contributed by atoms with Gasteiger partial charge in [0.1, 0.15) is 0 Å². The Kier molecular flexibility index (Phi) is 4.80. The summed E-state index contributed by atoms with van der Waals surface area (Å²) in [4.78, 5) is 15.8. The van der Waals surface area contributed by atoms with E-state index < -0.39 is 17.8 Å². The van der Waals surface area contributed by atoms with Crippen LogP contribution in [0.4, 0.5) is 14.5 Å². The third-order valence-electron chi connectivity index (χ3n) is 4.67. The summed E-state index contributed by atoms with van der Waals surface area (Å²) in [6.07, 6.45) is 2.54. The number of carbonyl (C=O) groups is 1. The lowest BCUT2D eigenvalue weighted by Crippen LogP contribution is -2.52. The van der Waals surface area contributed by atoms with E-state index in [4.69, 9.17) is 0 Å². The van der Waals surface area contributed by atoms with Crippen LogP contribution in [0.3, 0.4) is 0 Å². The lowest BCUT2D eigenvalue weighted by atomic mass is 10.1. The Balaban J connectivity index is 1.49. The normalized spacial score (nSPS) is 18.2. The fraction of sp³-hybridized carbons (Fsp3) is 0.200. The predicted octanol–water partition coefficient (Wildman–Crippen LogP) is 3.84. The van der Waals surface area contributed by atoms with Crippen LogP contribution < -0.4 is 10.3 Å². The lowest BCUT2D eigenvalue weighted by Gasteiger charge is -2.32. The summed E-state index contributed by atoms with van der Waals surface area (Å²) in [7, 11) is 0. The first-order valence-electron chi connectivity index (χ1n) is 8.71. The number of hydrogen-bond acceptors (Lipinski definition) is 5. The molecule has 0 saturated heterocycles. The van der Waals surface area contributed by atoms with Gasteiger partial charge in [-0.1, -0.05) is 35.5 Å². The number of halogens is 2. The van der Waals surface area contributed by atoms with Crippen LogP contribution in [0.25, 0.3) is 0 Å². The van der Waals surface area contributed by atoms with Crippen LogP contribution in [0.1, 0.15) is 16.7 Å². The minimum absolute atomic E-state index is 0.262. The number of fused-ring (bicyclic) bond motifs is 1. The molecule has 5 nitrogen and oxygen atoms in total. The number of carbonyl (C=O) groups excluding carboxylic acids is 1. The van der Waals surface area contributed by atoms with Gasteiger partial charge in [0, 0.05) is 24.2 Å². The van der Waals surface area contributed by atoms with Crippen LogP contribution in [0.2, 0.25) is 0 Å². The second-order valence-electron chi connectivity index (χ2n) is 6.66. The molecule has 0 saturated carbocycles. The fourth-order valence-electron chi connectivity index (χ4n) is 3.07. The summed E-state index contributed by atoms with van der Waals surface area (Å²) < 4.78 is 26.7. The highest BCUT2D eigenvalue weighted by Crippen LogP contribution is 2.28. The van der Waals surface area contributed by atoms with E-state index >= 15 is 0 Å². The molecule has 1 unspecified atom stereocenters. The van der Waals surface area contributed by atoms with Crippen molar-refractivity contribution in [1.29, 1.82) is 0 Å². The van der Waals surface area contributed by atoms with Gasteiger partial charge in [-0.2, -0.15) is 5.10 Å². The number of amides is 1. The number of amidine groups is 1. The lowest BCUT2D eigenvalue weighted by molar-refractivity contribution is -0.122. The van der Waals surface area contributed by atoms with E-state index in [1.54, 1.807) is 11.1 Å². The maximum atomic E-state index is 13.5. The fourth-order valence-corrected chi connectivity index (χ4v) is 4.10. The van der Waals surface area contributed by atoms with Gasteiger partial charge in [-0.3, -0.25) is 20.0 Å². The molecule has 2 aliphatic heterocycles. The van der Waals surface area contributed by atoms with Crippen molar-refractivity contribution in [1.82, 2.24) is 10.3 Å². The smallest absolute Gasteiger partial charge is 0.276 e. The van der Waals surface area contributed by atoms with Crippen molar-refractivity contribution in [3.8, 4) is 0 Å². The monoisotopic (exact) mass is 400 g/mol. The third kappa shape index (κ3) is 3.35. The predicted molar refractivity (Wildman–Crippen MR) is 106 cm³/mol. The molecule has 0 aliphatic carbocycles. The van der Waals surface area contributed by atoms with E-state index in [0.717, 1.165) is 17.9 Å². The van der Waals surface area contributed by atoms with Crippen LogP contribution in [0.15, 0.2) is 53.9 Å². The Labute approximate surface area is 165 Å². The minimum Gasteiger partial charge on any atom is -0.294 e. The number of nitrogens with one attached hydrogen (secondary N) is 1. The van der Waals surface area contributed by atoms with Gasteiger partial charge in [0.05, 0.1) is 5.69 Å². The van der Waals surface area contributed by atoms with Crippen LogP contribution in [0, 0.1) is 25.5 Å². The molecular weight excluding hydrogens is 382 g/mol. The maximum absolute atomic E-state index is 13.5. The van der Waals surface area contributed by atoms with Crippen molar-refractivity contribution in [3.63, 3.8) is 0 Å². The van der Waals surface area contributed by atoms with E-state index in [1.165, 1.54) is 45.6 Å². The highest BCUT2D eigenvalue weighted by Gasteiger charge is 2.38. The number of aryl methyl sites for hydroxylation is 2. The molecule has 4 rings (SSSR count). The molecular formula is C20H18F2N4OS. The number of hydrazone groups is 1. The van der Waals surface area contributed by atoms with Crippen LogP contribution >= 0.6 is 11.8 Å². The third-order valence-corrected chi connectivity index (χ3v) is 5.69. The van der Waals surface area contributed by atoms with Gasteiger partial charge < -0.3 is 0 Å². The van der Waals surface area contributed by atoms with Crippen molar-refractivity contribution in [2.75, 3.05) is 4.90 Å². The average molecular weight is 400 g/mol. The average Bonchev–Trinajstić information content (AvgIpc) is 3.09. The van der Waals surface area contributed by atoms with Crippen molar-refractivity contribution >= 4 is 28.5 Å². The SMILES string of the molecule is Cc1ccc(C)c(CSC2=NNC3C(=O)N(c4ccc(F)c(F)c4)C=CN23)c1. The van der Waals surface area contributed by atoms with E-state index in [9.17, 15) is 13.6 Å². The molecule has 144 valence electrons. The molecule has 0 radical (unpaired) electrons. The summed E-state index contributed by atoms with van der Waals surface area (Å²) in [5.41, 5.74) is 6.71. The summed E-state index contributed by atoms with van der Waals surface area (Å²) in [6.45, 7) is 4.12. The molecule has 0 fully saturated rings. The molecule has 1 atom stereocenters. The van der Waals surface area contributed by atoms with E-state index in [-0.39, 0.29) is 11.6 Å². The van der Waals surface area contributed by atoms with Crippen molar-refractivity contribution in [2.24, 2.45) is 5.10 Å². The van der Waals surface area contributed by atoms with Gasteiger partial charge in [0.15, 0.2) is 16.8 Å². The van der Waals surface area contributed by atoms with E-state index in [1.807, 2.05) is 0 Å². The quantitative estimate of drug-likeness (QED) is 0.851. The van der Waals surface area contributed by atoms with Gasteiger partial charge >= 0.3 is 0 Å². The van der Waals surface area contributed by atoms with E-state index in [0.29, 0.717) is 5.17 Å². The Morgan fingerprint density at radius 3 is 2.71 bits per heavy atom. The first-order valence-corrected chi connectivity index (χ1v) is 9.69. The first kappa shape index (κ1) is 18.5. The Bertz CT molecular complexity index is 1010. The molecule has 2 heterocycles. The topological polar surface area (TPSA) is 47.9 Å². The van der Waals surface area contributed by atoms with Crippen molar-refractivity contribution in [2.45, 2.75) is 25.8 Å². The molecule has 2 aliphatic rings. The van der Waals surface area contributed by atoms with Gasteiger partial charge in [0.25, 0.3) is 5.91 Å². The highest BCUT2D eigenvalue weighted by molar-refractivity contribution is 8.13. The highest BCUT2D eigenvalue weighted by atomic mass is 32.2. The number of rotatable bonds is 3. The number of hydrogen-bond donors (Lipinski definition) is 1. The number of nitrogens with zero attached hydrogens (tertiary/aromatic N) is 3. The Morgan fingerprint density at radius 2 is 1.93 bits per heavy atom. The van der Waals surface area contributed by atoms with Gasteiger partial charge in [-0.25, -0.2) is 8.78 Å². The van der Waals surface area contributed by atoms with Gasteiger partial charge in [-0.15, -0.1) is 0 Å². The summed E-state index contributed by atoms with van der Waals surface area (Å²) in [5.74, 6) is -1.54. The zero-order chi connectivity index (χ0) is 19.8. The number of anilines is 1. The molecule has 8 heteroatoms.